The number of carbonyl (C=O) groups is 1. The number of hydrogen-bond acceptors (Lipinski definition) is 3. The van der Waals surface area contributed by atoms with Crippen LogP contribution < -0.4 is 5.73 Å². The van der Waals surface area contributed by atoms with Crippen molar-refractivity contribution in [1.82, 2.24) is 0 Å². The third-order valence-electron chi connectivity index (χ3n) is 3.26. The normalized spacial score (nSPS) is 14.9. The van der Waals surface area contributed by atoms with Gasteiger partial charge in [0, 0.05) is 17.0 Å². The summed E-state index contributed by atoms with van der Waals surface area (Å²) in [4.78, 5) is 11.3. The van der Waals surface area contributed by atoms with E-state index in [1.807, 2.05) is 38.1 Å². The van der Waals surface area contributed by atoms with Crippen LogP contribution in [0.1, 0.15) is 25.5 Å². The van der Waals surface area contributed by atoms with E-state index < -0.39 is 17.9 Å². The highest BCUT2D eigenvalue weighted by Crippen LogP contribution is 2.32. The second-order valence-corrected chi connectivity index (χ2v) is 4.82. The number of furan rings is 1. The molecule has 4 heteroatoms. The van der Waals surface area contributed by atoms with Gasteiger partial charge in [-0.05, 0) is 12.0 Å². The van der Waals surface area contributed by atoms with Gasteiger partial charge in [-0.3, -0.25) is 4.79 Å². The van der Waals surface area contributed by atoms with E-state index in [1.165, 1.54) is 0 Å². The average Bonchev–Trinajstić information content (AvgIpc) is 2.71. The third kappa shape index (κ3) is 2.11. The molecule has 4 nitrogen and oxygen atoms in total. The summed E-state index contributed by atoms with van der Waals surface area (Å²) in [6, 6.07) is 6.94. The number of aliphatic carboxylic acids is 1. The van der Waals surface area contributed by atoms with Gasteiger partial charge >= 0.3 is 5.97 Å². The summed E-state index contributed by atoms with van der Waals surface area (Å²) >= 11 is 0. The van der Waals surface area contributed by atoms with Crippen LogP contribution in [0.15, 0.2) is 34.9 Å². The molecule has 96 valence electrons. The lowest BCUT2D eigenvalue weighted by Crippen LogP contribution is -2.32. The number of rotatable bonds is 4. The highest BCUT2D eigenvalue weighted by atomic mass is 16.4. The van der Waals surface area contributed by atoms with Crippen LogP contribution in [0, 0.1) is 11.8 Å². The highest BCUT2D eigenvalue weighted by molar-refractivity contribution is 5.82. The van der Waals surface area contributed by atoms with E-state index in [9.17, 15) is 9.90 Å². The van der Waals surface area contributed by atoms with Gasteiger partial charge in [0.25, 0.3) is 0 Å². The van der Waals surface area contributed by atoms with Crippen LogP contribution in [0.4, 0.5) is 0 Å². The Hall–Kier alpha value is -1.81. The van der Waals surface area contributed by atoms with Gasteiger partial charge in [0.2, 0.25) is 0 Å². The molecule has 1 aromatic carbocycles. The molecule has 1 aromatic heterocycles. The zero-order valence-electron chi connectivity index (χ0n) is 10.5. The number of para-hydroxylation sites is 1. The predicted molar refractivity (Wildman–Crippen MR) is 69.1 cm³/mol. The molecule has 0 amide bonds. The Labute approximate surface area is 105 Å². The van der Waals surface area contributed by atoms with E-state index in [4.69, 9.17) is 10.2 Å². The minimum Gasteiger partial charge on any atom is -0.481 e. The Kier molecular flexibility index (Phi) is 3.39. The molecule has 0 fully saturated rings. The van der Waals surface area contributed by atoms with Crippen LogP contribution in [-0.4, -0.2) is 11.1 Å². The summed E-state index contributed by atoms with van der Waals surface area (Å²) in [5, 5.41) is 10.2. The minimum absolute atomic E-state index is 0.0360. The summed E-state index contributed by atoms with van der Waals surface area (Å²) in [6.45, 7) is 3.72. The number of fused-ring (bicyclic) bond motifs is 1. The van der Waals surface area contributed by atoms with Crippen molar-refractivity contribution in [2.75, 3.05) is 0 Å². The van der Waals surface area contributed by atoms with Crippen molar-refractivity contribution in [1.29, 1.82) is 0 Å². The first-order valence-electron chi connectivity index (χ1n) is 5.97. The second kappa shape index (κ2) is 4.82. The molecule has 2 atom stereocenters. The molecule has 0 aliphatic heterocycles. The molecule has 3 N–H and O–H groups in total. The van der Waals surface area contributed by atoms with Gasteiger partial charge in [-0.1, -0.05) is 32.0 Å². The summed E-state index contributed by atoms with van der Waals surface area (Å²) in [6.07, 6.45) is 1.56. The maximum Gasteiger partial charge on any atom is 0.308 e. The fourth-order valence-electron chi connectivity index (χ4n) is 2.30. The Balaban J connectivity index is 2.44. The predicted octanol–water partition coefficient (Wildman–Crippen LogP) is 2.79. The number of benzene rings is 1. The van der Waals surface area contributed by atoms with E-state index >= 15 is 0 Å². The van der Waals surface area contributed by atoms with Crippen molar-refractivity contribution in [2.45, 2.75) is 19.9 Å². The molecule has 0 aliphatic carbocycles. The Morgan fingerprint density at radius 3 is 2.61 bits per heavy atom. The van der Waals surface area contributed by atoms with Gasteiger partial charge in [0.05, 0.1) is 12.2 Å². The molecule has 0 bridgehead atoms. The smallest absolute Gasteiger partial charge is 0.308 e. The zero-order chi connectivity index (χ0) is 13.3. The molecular weight excluding hydrogens is 230 g/mol. The van der Waals surface area contributed by atoms with Crippen molar-refractivity contribution in [2.24, 2.45) is 17.6 Å². The maximum atomic E-state index is 11.3. The van der Waals surface area contributed by atoms with E-state index in [0.29, 0.717) is 0 Å². The number of carboxylic acid groups (broad SMARTS) is 1. The van der Waals surface area contributed by atoms with E-state index in [2.05, 4.69) is 0 Å². The molecule has 1 heterocycles. The van der Waals surface area contributed by atoms with Crippen LogP contribution >= 0.6 is 0 Å². The second-order valence-electron chi connectivity index (χ2n) is 4.82. The van der Waals surface area contributed by atoms with Crippen LogP contribution in [0.2, 0.25) is 0 Å². The largest absolute Gasteiger partial charge is 0.481 e. The molecule has 0 spiro atoms. The topological polar surface area (TPSA) is 76.5 Å². The molecule has 0 aliphatic rings. The minimum atomic E-state index is -0.872. The van der Waals surface area contributed by atoms with Crippen molar-refractivity contribution >= 4 is 16.9 Å². The first-order chi connectivity index (χ1) is 8.52. The Morgan fingerprint density at radius 2 is 2.00 bits per heavy atom. The molecule has 2 unspecified atom stereocenters. The molecule has 0 radical (unpaired) electrons. The lowest BCUT2D eigenvalue weighted by Gasteiger charge is -2.22. The zero-order valence-corrected chi connectivity index (χ0v) is 10.5. The summed E-state index contributed by atoms with van der Waals surface area (Å²) in [7, 11) is 0. The maximum absolute atomic E-state index is 11.3. The summed E-state index contributed by atoms with van der Waals surface area (Å²) < 4.78 is 5.41. The molecule has 2 rings (SSSR count). The van der Waals surface area contributed by atoms with Gasteiger partial charge in [0.1, 0.15) is 5.58 Å². The Bertz CT molecular complexity index is 559. The molecular formula is C14H17NO3. The lowest BCUT2D eigenvalue weighted by molar-refractivity contribution is -0.144. The lowest BCUT2D eigenvalue weighted by atomic mass is 9.85. The van der Waals surface area contributed by atoms with Gasteiger partial charge in [-0.15, -0.1) is 0 Å². The van der Waals surface area contributed by atoms with Gasteiger partial charge < -0.3 is 15.3 Å². The van der Waals surface area contributed by atoms with Crippen LogP contribution in [0.5, 0.6) is 0 Å². The molecule has 0 saturated carbocycles. The molecule has 0 saturated heterocycles. The first kappa shape index (κ1) is 12.6. The van der Waals surface area contributed by atoms with Crippen molar-refractivity contribution < 1.29 is 14.3 Å². The van der Waals surface area contributed by atoms with Crippen LogP contribution in [0.25, 0.3) is 11.0 Å². The standard InChI is InChI=1S/C14H17NO3/c1-8(2)12(14(16)17)13(15)10-7-18-11-6-4-3-5-9(10)11/h3-8,12-13H,15H2,1-2H3,(H,16,17). The molecule has 2 aromatic rings. The average molecular weight is 247 g/mol. The van der Waals surface area contributed by atoms with Gasteiger partial charge in [-0.25, -0.2) is 0 Å². The quantitative estimate of drug-likeness (QED) is 0.871. The highest BCUT2D eigenvalue weighted by Gasteiger charge is 2.31. The van der Waals surface area contributed by atoms with Crippen molar-refractivity contribution in [3.8, 4) is 0 Å². The number of carboxylic acids is 1. The van der Waals surface area contributed by atoms with Crippen molar-refractivity contribution in [3.63, 3.8) is 0 Å². The van der Waals surface area contributed by atoms with Gasteiger partial charge in [-0.2, -0.15) is 0 Å². The number of hydrogen-bond donors (Lipinski definition) is 2. The Morgan fingerprint density at radius 1 is 1.33 bits per heavy atom. The van der Waals surface area contributed by atoms with Crippen LogP contribution in [0.3, 0.4) is 0 Å². The first-order valence-corrected chi connectivity index (χ1v) is 5.97. The SMILES string of the molecule is CC(C)C(C(=O)O)C(N)c1coc2ccccc12. The van der Waals surface area contributed by atoms with E-state index in [-0.39, 0.29) is 5.92 Å². The third-order valence-corrected chi connectivity index (χ3v) is 3.26. The van der Waals surface area contributed by atoms with Crippen LogP contribution in [-0.2, 0) is 4.79 Å². The summed E-state index contributed by atoms with van der Waals surface area (Å²) in [5.41, 5.74) is 7.60. The molecule has 18 heavy (non-hydrogen) atoms. The summed E-state index contributed by atoms with van der Waals surface area (Å²) in [5.74, 6) is -1.53. The van der Waals surface area contributed by atoms with Crippen molar-refractivity contribution in [3.05, 3.63) is 36.1 Å². The van der Waals surface area contributed by atoms with E-state index in [0.717, 1.165) is 16.5 Å². The number of nitrogens with two attached hydrogens (primary N) is 1. The monoisotopic (exact) mass is 247 g/mol. The van der Waals surface area contributed by atoms with E-state index in [1.54, 1.807) is 6.26 Å². The fraction of sp³-hybridized carbons (Fsp3) is 0.357. The van der Waals surface area contributed by atoms with Gasteiger partial charge in [0.15, 0.2) is 0 Å². The fourth-order valence-corrected chi connectivity index (χ4v) is 2.30.